The van der Waals surface area contributed by atoms with Crippen LogP contribution in [0.3, 0.4) is 0 Å². The van der Waals surface area contributed by atoms with Crippen molar-refractivity contribution in [1.29, 1.82) is 0 Å². The molecule has 1 aromatic rings. The summed E-state index contributed by atoms with van der Waals surface area (Å²) in [5, 5.41) is 18.9. The van der Waals surface area contributed by atoms with Gasteiger partial charge in [0, 0.05) is 18.7 Å². The first-order valence-corrected chi connectivity index (χ1v) is 8.65. The number of allylic oxidation sites excluding steroid dienone is 1. The molecule has 0 saturated carbocycles. The summed E-state index contributed by atoms with van der Waals surface area (Å²) in [4.78, 5) is 10.1. The molecule has 0 aromatic heterocycles. The summed E-state index contributed by atoms with van der Waals surface area (Å²) in [5.41, 5.74) is 1.33. The van der Waals surface area contributed by atoms with E-state index in [9.17, 15) is 18.5 Å². The van der Waals surface area contributed by atoms with Crippen molar-refractivity contribution in [3.8, 4) is 0 Å². The molecule has 3 N–H and O–H groups in total. The lowest BCUT2D eigenvalue weighted by atomic mass is 9.97. The summed E-state index contributed by atoms with van der Waals surface area (Å²) < 4.78 is 23.1. The average Bonchev–Trinajstić information content (AvgIpc) is 2.47. The highest BCUT2D eigenvalue weighted by molar-refractivity contribution is 7.89. The smallest absolute Gasteiger partial charge is 0.271 e. The zero-order valence-electron chi connectivity index (χ0n) is 12.1. The lowest BCUT2D eigenvalue weighted by Gasteiger charge is -2.14. The van der Waals surface area contributed by atoms with Crippen LogP contribution in [0.15, 0.2) is 34.7 Å². The topological polar surface area (TPSA) is 115 Å². The maximum absolute atomic E-state index is 11.6. The molecule has 0 unspecified atom stereocenters. The molecule has 1 aliphatic rings. The number of hydrogen-bond acceptors (Lipinski definition) is 5. The number of nitrogens with two attached hydrogens (primary N) is 1. The molecule has 1 aromatic carbocycles. The van der Waals surface area contributed by atoms with Crippen LogP contribution in [0.5, 0.6) is 0 Å². The van der Waals surface area contributed by atoms with Crippen LogP contribution in [0.4, 0.5) is 11.4 Å². The fourth-order valence-corrected chi connectivity index (χ4v) is 3.20. The van der Waals surface area contributed by atoms with Gasteiger partial charge < -0.3 is 5.32 Å². The number of non-ortho nitro benzene ring substituents is 1. The van der Waals surface area contributed by atoms with Gasteiger partial charge in [0.25, 0.3) is 5.69 Å². The Kier molecular flexibility index (Phi) is 5.15. The lowest BCUT2D eigenvalue weighted by Crippen LogP contribution is -2.16. The van der Waals surface area contributed by atoms with Crippen molar-refractivity contribution < 1.29 is 13.3 Å². The Labute approximate surface area is 129 Å². The van der Waals surface area contributed by atoms with Gasteiger partial charge in [-0.15, -0.1) is 0 Å². The minimum atomic E-state index is -3.93. The fraction of sp³-hybridized carbons (Fsp3) is 0.429. The number of primary sulfonamides is 1. The molecule has 2 rings (SSSR count). The van der Waals surface area contributed by atoms with Crippen LogP contribution in [0.1, 0.15) is 32.1 Å². The third-order valence-corrected chi connectivity index (χ3v) is 4.60. The van der Waals surface area contributed by atoms with Crippen LogP contribution in [-0.4, -0.2) is 19.9 Å². The van der Waals surface area contributed by atoms with Crippen LogP contribution in [0, 0.1) is 10.1 Å². The molecule has 0 amide bonds. The molecule has 22 heavy (non-hydrogen) atoms. The number of nitrogens with one attached hydrogen (secondary N) is 1. The van der Waals surface area contributed by atoms with Gasteiger partial charge in [-0.1, -0.05) is 11.6 Å². The van der Waals surface area contributed by atoms with Gasteiger partial charge in [0.15, 0.2) is 0 Å². The summed E-state index contributed by atoms with van der Waals surface area (Å²) in [5.74, 6) is 0. The molecule has 0 radical (unpaired) electrons. The molecule has 0 aliphatic heterocycles. The van der Waals surface area contributed by atoms with E-state index in [1.54, 1.807) is 0 Å². The number of anilines is 1. The van der Waals surface area contributed by atoms with Crippen LogP contribution in [0.25, 0.3) is 0 Å². The maximum atomic E-state index is 11.6. The van der Waals surface area contributed by atoms with Gasteiger partial charge in [-0.3, -0.25) is 10.1 Å². The van der Waals surface area contributed by atoms with Crippen LogP contribution in [-0.2, 0) is 10.0 Å². The van der Waals surface area contributed by atoms with Crippen LogP contribution >= 0.6 is 0 Å². The molecular weight excluding hydrogens is 306 g/mol. The zero-order valence-corrected chi connectivity index (χ0v) is 12.9. The summed E-state index contributed by atoms with van der Waals surface area (Å²) in [6.45, 7) is 0.509. The van der Waals surface area contributed by atoms with Crippen molar-refractivity contribution in [3.63, 3.8) is 0 Å². The molecule has 7 nitrogen and oxygen atoms in total. The number of benzene rings is 1. The molecular formula is C14H19N3O4S. The Morgan fingerprint density at radius 3 is 2.68 bits per heavy atom. The Bertz CT molecular complexity index is 698. The van der Waals surface area contributed by atoms with Crippen molar-refractivity contribution in [2.75, 3.05) is 11.9 Å². The third-order valence-electron chi connectivity index (χ3n) is 3.63. The number of nitro groups is 1. The standard InChI is InChI=1S/C14H19N3O4S/c15-22(20,21)14-7-6-12(17(18)19)10-13(14)16-9-8-11-4-2-1-3-5-11/h4,6-7,10,16H,1-3,5,8-9H2,(H2,15,20,21). The third kappa shape index (κ3) is 4.28. The quantitative estimate of drug-likeness (QED) is 0.474. The van der Waals surface area contributed by atoms with Gasteiger partial charge in [-0.25, -0.2) is 13.6 Å². The lowest BCUT2D eigenvalue weighted by molar-refractivity contribution is -0.384. The first-order valence-electron chi connectivity index (χ1n) is 7.11. The molecule has 0 spiro atoms. The summed E-state index contributed by atoms with van der Waals surface area (Å²) in [7, 11) is -3.93. The Balaban J connectivity index is 2.14. The summed E-state index contributed by atoms with van der Waals surface area (Å²) in [6, 6.07) is 3.50. The van der Waals surface area contributed by atoms with E-state index in [2.05, 4.69) is 11.4 Å². The highest BCUT2D eigenvalue weighted by Crippen LogP contribution is 2.26. The second-order valence-electron chi connectivity index (χ2n) is 5.27. The van der Waals surface area contributed by atoms with Crippen molar-refractivity contribution in [3.05, 3.63) is 40.0 Å². The summed E-state index contributed by atoms with van der Waals surface area (Å²) in [6.07, 6.45) is 7.50. The minimum Gasteiger partial charge on any atom is -0.383 e. The predicted octanol–water partition coefficient (Wildman–Crippen LogP) is 2.54. The van der Waals surface area contributed by atoms with Crippen molar-refractivity contribution in [2.24, 2.45) is 5.14 Å². The van der Waals surface area contributed by atoms with E-state index >= 15 is 0 Å². The molecule has 1 aliphatic carbocycles. The Hall–Kier alpha value is -1.93. The van der Waals surface area contributed by atoms with E-state index in [1.807, 2.05) is 0 Å². The van der Waals surface area contributed by atoms with Crippen LogP contribution < -0.4 is 10.5 Å². The number of nitro benzene ring substituents is 1. The Morgan fingerprint density at radius 1 is 1.32 bits per heavy atom. The average molecular weight is 325 g/mol. The van der Waals surface area contributed by atoms with E-state index in [4.69, 9.17) is 5.14 Å². The number of sulfonamides is 1. The SMILES string of the molecule is NS(=O)(=O)c1ccc([N+](=O)[O-])cc1NCCC1=CCCCC1. The highest BCUT2D eigenvalue weighted by atomic mass is 32.2. The van der Waals surface area contributed by atoms with Gasteiger partial charge in [0.05, 0.1) is 10.6 Å². The highest BCUT2D eigenvalue weighted by Gasteiger charge is 2.18. The minimum absolute atomic E-state index is 0.129. The van der Waals surface area contributed by atoms with E-state index in [1.165, 1.54) is 24.5 Å². The number of nitrogens with zero attached hydrogens (tertiary/aromatic N) is 1. The summed E-state index contributed by atoms with van der Waals surface area (Å²) >= 11 is 0. The molecule has 0 heterocycles. The van der Waals surface area contributed by atoms with Crippen molar-refractivity contribution >= 4 is 21.4 Å². The second kappa shape index (κ2) is 6.89. The van der Waals surface area contributed by atoms with E-state index < -0.39 is 14.9 Å². The van der Waals surface area contributed by atoms with Crippen molar-refractivity contribution in [2.45, 2.75) is 37.0 Å². The van der Waals surface area contributed by atoms with Gasteiger partial charge >= 0.3 is 0 Å². The first-order chi connectivity index (χ1) is 10.4. The van der Waals surface area contributed by atoms with Crippen molar-refractivity contribution in [1.82, 2.24) is 0 Å². The van der Waals surface area contributed by atoms with Gasteiger partial charge in [-0.2, -0.15) is 0 Å². The van der Waals surface area contributed by atoms with E-state index in [0.717, 1.165) is 31.4 Å². The predicted molar refractivity (Wildman–Crippen MR) is 84.1 cm³/mol. The van der Waals surface area contributed by atoms with E-state index in [-0.39, 0.29) is 16.3 Å². The fourth-order valence-electron chi connectivity index (χ4n) is 2.51. The molecule has 0 atom stereocenters. The number of hydrogen-bond donors (Lipinski definition) is 2. The van der Waals surface area contributed by atoms with Gasteiger partial charge in [0.1, 0.15) is 4.90 Å². The maximum Gasteiger partial charge on any atom is 0.271 e. The second-order valence-corrected chi connectivity index (χ2v) is 6.80. The molecule has 0 bridgehead atoms. The van der Waals surface area contributed by atoms with Gasteiger partial charge in [0.2, 0.25) is 10.0 Å². The monoisotopic (exact) mass is 325 g/mol. The van der Waals surface area contributed by atoms with E-state index in [0.29, 0.717) is 6.54 Å². The molecule has 120 valence electrons. The molecule has 8 heteroatoms. The van der Waals surface area contributed by atoms with Crippen LogP contribution in [0.2, 0.25) is 0 Å². The zero-order chi connectivity index (χ0) is 16.2. The normalized spacial score (nSPS) is 15.2. The Morgan fingerprint density at radius 2 is 2.09 bits per heavy atom. The first kappa shape index (κ1) is 16.4. The molecule has 0 fully saturated rings. The molecule has 0 saturated heterocycles. The van der Waals surface area contributed by atoms with Gasteiger partial charge in [-0.05, 0) is 38.2 Å². The number of rotatable bonds is 6. The largest absolute Gasteiger partial charge is 0.383 e.